The molecule has 0 atom stereocenters. The number of nitriles is 1. The maximum Gasteiger partial charge on any atom is 0.308 e. The molecule has 1 aromatic heterocycles. The van der Waals surface area contributed by atoms with Crippen LogP contribution in [0.5, 0.6) is 0 Å². The van der Waals surface area contributed by atoms with Gasteiger partial charge in [-0.3, -0.25) is 4.79 Å². The lowest BCUT2D eigenvalue weighted by atomic mass is 10.3. The van der Waals surface area contributed by atoms with Crippen LogP contribution in [-0.2, 0) is 21.2 Å². The summed E-state index contributed by atoms with van der Waals surface area (Å²) < 4.78 is 25.2. The molecule has 0 unspecified atom stereocenters. The van der Waals surface area contributed by atoms with Gasteiger partial charge in [-0.1, -0.05) is 0 Å². The van der Waals surface area contributed by atoms with E-state index in [9.17, 15) is 13.2 Å². The second-order valence-corrected chi connectivity index (χ2v) is 6.97. The van der Waals surface area contributed by atoms with Crippen molar-refractivity contribution >= 4 is 27.3 Å². The summed E-state index contributed by atoms with van der Waals surface area (Å²) in [5.74, 6) is -1.00. The number of carbonyl (C=O) groups is 1. The van der Waals surface area contributed by atoms with E-state index >= 15 is 0 Å². The molecule has 0 aromatic carbocycles. The van der Waals surface area contributed by atoms with Crippen molar-refractivity contribution in [2.45, 2.75) is 17.1 Å². The summed E-state index contributed by atoms with van der Waals surface area (Å²) in [6.45, 7) is 0.116. The van der Waals surface area contributed by atoms with E-state index in [2.05, 4.69) is 0 Å². The van der Waals surface area contributed by atoms with Crippen LogP contribution in [0.4, 0.5) is 0 Å². The first-order valence-electron chi connectivity index (χ1n) is 5.01. The highest BCUT2D eigenvalue weighted by atomic mass is 32.2. The fraction of sp³-hybridized carbons (Fsp3) is 0.400. The van der Waals surface area contributed by atoms with E-state index in [0.717, 1.165) is 15.6 Å². The molecule has 8 heteroatoms. The monoisotopic (exact) mass is 288 g/mol. The zero-order valence-electron chi connectivity index (χ0n) is 9.66. The standard InChI is InChI=1S/C10H12N2O4S2/c1-12(6-2-5-11)18(15,16)10-4-3-8(17-10)7-9(13)14/h3-4H,2,6-7H2,1H3,(H,13,14). The molecule has 0 aliphatic heterocycles. The molecular weight excluding hydrogens is 276 g/mol. The fourth-order valence-corrected chi connectivity index (χ4v) is 3.95. The molecule has 0 fully saturated rings. The summed E-state index contributed by atoms with van der Waals surface area (Å²) in [4.78, 5) is 11.0. The molecule has 0 saturated heterocycles. The van der Waals surface area contributed by atoms with Crippen LogP contribution in [0.15, 0.2) is 16.3 Å². The second-order valence-electron chi connectivity index (χ2n) is 3.53. The van der Waals surface area contributed by atoms with Gasteiger partial charge in [-0.25, -0.2) is 8.42 Å². The maximum absolute atomic E-state index is 12.0. The lowest BCUT2D eigenvalue weighted by molar-refractivity contribution is -0.136. The zero-order chi connectivity index (χ0) is 13.8. The Morgan fingerprint density at radius 3 is 2.78 bits per heavy atom. The Kier molecular flexibility index (Phi) is 4.84. The molecule has 0 spiro atoms. The molecule has 18 heavy (non-hydrogen) atoms. The molecule has 1 aromatic rings. The van der Waals surface area contributed by atoms with Crippen LogP contribution in [-0.4, -0.2) is 37.4 Å². The van der Waals surface area contributed by atoms with E-state index in [-0.39, 0.29) is 23.6 Å². The maximum atomic E-state index is 12.0. The third kappa shape index (κ3) is 3.53. The Morgan fingerprint density at radius 2 is 2.22 bits per heavy atom. The van der Waals surface area contributed by atoms with Crippen LogP contribution in [0.2, 0.25) is 0 Å². The van der Waals surface area contributed by atoms with Gasteiger partial charge in [0.15, 0.2) is 0 Å². The summed E-state index contributed by atoms with van der Waals surface area (Å²) in [5, 5.41) is 17.0. The molecule has 1 heterocycles. The Morgan fingerprint density at radius 1 is 1.56 bits per heavy atom. The number of hydrogen-bond acceptors (Lipinski definition) is 5. The summed E-state index contributed by atoms with van der Waals surface area (Å²) in [6, 6.07) is 4.75. The molecule has 1 N–H and O–H groups in total. The number of carboxylic acid groups (broad SMARTS) is 1. The molecule has 0 aliphatic carbocycles. The minimum absolute atomic E-state index is 0.0965. The van der Waals surface area contributed by atoms with Gasteiger partial charge in [0.2, 0.25) is 0 Å². The van der Waals surface area contributed by atoms with E-state index in [1.165, 1.54) is 19.2 Å². The van der Waals surface area contributed by atoms with Crippen molar-refractivity contribution in [1.29, 1.82) is 5.26 Å². The van der Waals surface area contributed by atoms with Crippen LogP contribution in [0.1, 0.15) is 11.3 Å². The van der Waals surface area contributed by atoms with Gasteiger partial charge in [-0.15, -0.1) is 11.3 Å². The number of carboxylic acids is 1. The number of aliphatic carboxylic acids is 1. The Hall–Kier alpha value is -1.43. The minimum Gasteiger partial charge on any atom is -0.481 e. The van der Waals surface area contributed by atoms with Gasteiger partial charge < -0.3 is 5.11 Å². The Bertz CT molecular complexity index is 571. The van der Waals surface area contributed by atoms with Crippen molar-refractivity contribution < 1.29 is 18.3 Å². The number of thiophene rings is 1. The first-order chi connectivity index (χ1) is 8.37. The van der Waals surface area contributed by atoms with Crippen molar-refractivity contribution in [2.75, 3.05) is 13.6 Å². The molecule has 6 nitrogen and oxygen atoms in total. The SMILES string of the molecule is CN(CCC#N)S(=O)(=O)c1ccc(CC(=O)O)s1. The Labute approximate surface area is 109 Å². The predicted molar refractivity (Wildman–Crippen MR) is 65.7 cm³/mol. The smallest absolute Gasteiger partial charge is 0.308 e. The molecule has 0 aliphatic rings. The highest BCUT2D eigenvalue weighted by Gasteiger charge is 2.22. The van der Waals surface area contributed by atoms with Crippen LogP contribution in [0.25, 0.3) is 0 Å². The van der Waals surface area contributed by atoms with Gasteiger partial charge in [0, 0.05) is 24.9 Å². The third-order valence-electron chi connectivity index (χ3n) is 2.17. The normalized spacial score (nSPS) is 11.4. The third-order valence-corrected chi connectivity index (χ3v) is 5.58. The molecular formula is C10H12N2O4S2. The Balaban J connectivity index is 2.89. The number of sulfonamides is 1. The van der Waals surface area contributed by atoms with Gasteiger partial charge in [-0.05, 0) is 12.1 Å². The van der Waals surface area contributed by atoms with E-state index < -0.39 is 16.0 Å². The van der Waals surface area contributed by atoms with Gasteiger partial charge in [0.1, 0.15) is 4.21 Å². The fourth-order valence-electron chi connectivity index (χ4n) is 1.22. The van der Waals surface area contributed by atoms with Crippen LogP contribution in [0, 0.1) is 11.3 Å². The minimum atomic E-state index is -3.62. The van der Waals surface area contributed by atoms with Gasteiger partial charge >= 0.3 is 5.97 Å². The largest absolute Gasteiger partial charge is 0.481 e. The second kappa shape index (κ2) is 5.95. The average molecular weight is 288 g/mol. The van der Waals surface area contributed by atoms with Crippen molar-refractivity contribution in [3.05, 3.63) is 17.0 Å². The topological polar surface area (TPSA) is 98.5 Å². The van der Waals surface area contributed by atoms with E-state index in [1.54, 1.807) is 0 Å². The number of hydrogen-bond donors (Lipinski definition) is 1. The summed E-state index contributed by atoms with van der Waals surface area (Å²) in [7, 11) is -2.23. The first kappa shape index (κ1) is 14.6. The molecule has 0 amide bonds. The summed E-state index contributed by atoms with van der Waals surface area (Å²) in [6.07, 6.45) is -0.0782. The zero-order valence-corrected chi connectivity index (χ0v) is 11.3. The summed E-state index contributed by atoms with van der Waals surface area (Å²) in [5.41, 5.74) is 0. The van der Waals surface area contributed by atoms with E-state index in [4.69, 9.17) is 10.4 Å². The molecule has 0 radical (unpaired) electrons. The number of nitrogens with zero attached hydrogens (tertiary/aromatic N) is 2. The molecule has 1 rings (SSSR count). The quantitative estimate of drug-likeness (QED) is 0.838. The van der Waals surface area contributed by atoms with Gasteiger partial charge in [-0.2, -0.15) is 9.57 Å². The van der Waals surface area contributed by atoms with Gasteiger partial charge in [0.25, 0.3) is 10.0 Å². The first-order valence-corrected chi connectivity index (χ1v) is 7.27. The molecule has 0 bridgehead atoms. The van der Waals surface area contributed by atoms with Crippen molar-refractivity contribution in [2.24, 2.45) is 0 Å². The lowest BCUT2D eigenvalue weighted by Gasteiger charge is -2.13. The van der Waals surface area contributed by atoms with Crippen molar-refractivity contribution in [1.82, 2.24) is 4.31 Å². The van der Waals surface area contributed by atoms with Crippen molar-refractivity contribution in [3.63, 3.8) is 0 Å². The molecule has 0 saturated carbocycles. The van der Waals surface area contributed by atoms with Gasteiger partial charge in [0.05, 0.1) is 12.5 Å². The summed E-state index contributed by atoms with van der Waals surface area (Å²) >= 11 is 0.937. The predicted octanol–water partition coefficient (Wildman–Crippen LogP) is 0.909. The lowest BCUT2D eigenvalue weighted by Crippen LogP contribution is -2.27. The van der Waals surface area contributed by atoms with E-state index in [1.807, 2.05) is 6.07 Å². The van der Waals surface area contributed by atoms with Crippen LogP contribution in [0.3, 0.4) is 0 Å². The average Bonchev–Trinajstić information content (AvgIpc) is 2.73. The van der Waals surface area contributed by atoms with Crippen LogP contribution >= 0.6 is 11.3 Å². The number of rotatable bonds is 6. The highest BCUT2D eigenvalue weighted by Crippen LogP contribution is 2.24. The van der Waals surface area contributed by atoms with E-state index in [0.29, 0.717) is 4.88 Å². The molecule has 98 valence electrons. The highest BCUT2D eigenvalue weighted by molar-refractivity contribution is 7.91. The van der Waals surface area contributed by atoms with Crippen molar-refractivity contribution in [3.8, 4) is 6.07 Å². The van der Waals surface area contributed by atoms with Crippen LogP contribution < -0.4 is 0 Å².